The number of rotatable bonds is 9. The summed E-state index contributed by atoms with van der Waals surface area (Å²) in [5, 5.41) is 8.24. The quantitative estimate of drug-likeness (QED) is 0.201. The van der Waals surface area contributed by atoms with Crippen LogP contribution in [-0.4, -0.2) is 50.7 Å². The second-order valence-corrected chi connectivity index (χ2v) is 12.0. The SMILES string of the molecule is Cc1cccc(C)c1N1CCCSC1=NC(=O)NC(C)CCCc1ccc(-c2ncn(-c3ccc(OC(F)(F)F)cc3)n2)cc1. The molecule has 5 rings (SSSR count). The molecule has 8 nitrogen and oxygen atoms in total. The molecule has 0 radical (unpaired) electrons. The highest BCUT2D eigenvalue weighted by molar-refractivity contribution is 8.14. The molecule has 0 aliphatic carbocycles. The Morgan fingerprint density at radius 1 is 1.07 bits per heavy atom. The molecule has 12 heteroatoms. The number of ether oxygens (including phenoxy) is 1. The number of para-hydroxylation sites is 1. The van der Waals surface area contributed by atoms with Crippen LogP contribution >= 0.6 is 11.8 Å². The Hall–Kier alpha value is -4.32. The summed E-state index contributed by atoms with van der Waals surface area (Å²) in [7, 11) is 0. The average molecular weight is 637 g/mol. The van der Waals surface area contributed by atoms with Crippen molar-refractivity contribution >= 4 is 28.6 Å². The Bertz CT molecular complexity index is 1620. The lowest BCUT2D eigenvalue weighted by Gasteiger charge is -2.32. The van der Waals surface area contributed by atoms with Crippen LogP contribution in [0.1, 0.15) is 42.9 Å². The summed E-state index contributed by atoms with van der Waals surface area (Å²) in [4.78, 5) is 23.8. The number of benzene rings is 3. The fourth-order valence-electron chi connectivity index (χ4n) is 5.25. The van der Waals surface area contributed by atoms with E-state index in [9.17, 15) is 18.0 Å². The number of alkyl halides is 3. The van der Waals surface area contributed by atoms with Gasteiger partial charge < -0.3 is 15.0 Å². The second kappa shape index (κ2) is 14.2. The highest BCUT2D eigenvalue weighted by Gasteiger charge is 2.31. The van der Waals surface area contributed by atoms with Crippen molar-refractivity contribution in [2.24, 2.45) is 4.99 Å². The minimum absolute atomic E-state index is 0.0226. The van der Waals surface area contributed by atoms with Crippen LogP contribution in [0.15, 0.2) is 78.0 Å². The maximum Gasteiger partial charge on any atom is 0.573 e. The Labute approximate surface area is 264 Å². The number of hydrogen-bond acceptors (Lipinski definition) is 5. The summed E-state index contributed by atoms with van der Waals surface area (Å²) < 4.78 is 42.6. The van der Waals surface area contributed by atoms with Gasteiger partial charge in [0, 0.05) is 29.6 Å². The monoisotopic (exact) mass is 636 g/mol. The highest BCUT2D eigenvalue weighted by Crippen LogP contribution is 2.31. The minimum atomic E-state index is -4.74. The number of hydrogen-bond donors (Lipinski definition) is 1. The molecule has 1 saturated heterocycles. The Balaban J connectivity index is 1.11. The predicted molar refractivity (Wildman–Crippen MR) is 172 cm³/mol. The molecule has 1 fully saturated rings. The molecule has 45 heavy (non-hydrogen) atoms. The van der Waals surface area contributed by atoms with E-state index in [0.717, 1.165) is 60.0 Å². The molecule has 1 unspecified atom stereocenters. The van der Waals surface area contributed by atoms with Crippen LogP contribution in [0, 0.1) is 13.8 Å². The van der Waals surface area contributed by atoms with Crippen LogP contribution in [0.3, 0.4) is 0 Å². The number of amides is 2. The van der Waals surface area contributed by atoms with Gasteiger partial charge in [-0.25, -0.2) is 14.5 Å². The van der Waals surface area contributed by atoms with E-state index in [1.54, 1.807) is 11.8 Å². The molecule has 0 saturated carbocycles. The van der Waals surface area contributed by atoms with Crippen molar-refractivity contribution in [1.29, 1.82) is 0 Å². The largest absolute Gasteiger partial charge is 0.573 e. The van der Waals surface area contributed by atoms with Gasteiger partial charge in [-0.05, 0) is 87.4 Å². The van der Waals surface area contributed by atoms with Gasteiger partial charge in [0.15, 0.2) is 11.0 Å². The van der Waals surface area contributed by atoms with Crippen LogP contribution in [0.2, 0.25) is 0 Å². The van der Waals surface area contributed by atoms with Gasteiger partial charge in [0.05, 0.1) is 5.69 Å². The summed E-state index contributed by atoms with van der Waals surface area (Å²) in [5.74, 6) is 1.15. The summed E-state index contributed by atoms with van der Waals surface area (Å²) in [6, 6.07) is 19.3. The first-order valence-electron chi connectivity index (χ1n) is 14.8. The third-order valence-electron chi connectivity index (χ3n) is 7.41. The molecule has 2 amide bonds. The van der Waals surface area contributed by atoms with E-state index >= 15 is 0 Å². The van der Waals surface area contributed by atoms with Crippen molar-refractivity contribution in [3.8, 4) is 22.8 Å². The number of carbonyl (C=O) groups excluding carboxylic acids is 1. The topological polar surface area (TPSA) is 84.6 Å². The first-order chi connectivity index (χ1) is 21.6. The normalized spacial score (nSPS) is 15.2. The fourth-order valence-corrected chi connectivity index (χ4v) is 6.19. The molecule has 2 heterocycles. The molecule has 4 aromatic rings. The van der Waals surface area contributed by atoms with Crippen molar-refractivity contribution in [1.82, 2.24) is 20.1 Å². The molecule has 0 spiro atoms. The van der Waals surface area contributed by atoms with Gasteiger partial charge in [0.1, 0.15) is 12.1 Å². The molecular formula is C33H35F3N6O2S. The van der Waals surface area contributed by atoms with E-state index in [0.29, 0.717) is 11.5 Å². The number of carbonyl (C=O) groups is 1. The van der Waals surface area contributed by atoms with Crippen molar-refractivity contribution in [3.05, 3.63) is 89.7 Å². The van der Waals surface area contributed by atoms with Gasteiger partial charge in [0.25, 0.3) is 0 Å². The van der Waals surface area contributed by atoms with Gasteiger partial charge in [-0.1, -0.05) is 54.2 Å². The Morgan fingerprint density at radius 3 is 2.47 bits per heavy atom. The molecule has 3 aromatic carbocycles. The van der Waals surface area contributed by atoms with Crippen molar-refractivity contribution in [2.75, 3.05) is 17.2 Å². The van der Waals surface area contributed by atoms with E-state index in [1.165, 1.54) is 46.4 Å². The first-order valence-corrected chi connectivity index (χ1v) is 15.8. The van der Waals surface area contributed by atoms with Gasteiger partial charge >= 0.3 is 12.4 Å². The zero-order valence-electron chi connectivity index (χ0n) is 25.3. The van der Waals surface area contributed by atoms with Crippen molar-refractivity contribution < 1.29 is 22.7 Å². The van der Waals surface area contributed by atoms with E-state index in [-0.39, 0.29) is 17.8 Å². The first kappa shape index (κ1) is 32.1. The lowest BCUT2D eigenvalue weighted by atomic mass is 10.0. The van der Waals surface area contributed by atoms with Crippen molar-refractivity contribution in [3.63, 3.8) is 0 Å². The van der Waals surface area contributed by atoms with Crippen LogP contribution in [-0.2, 0) is 6.42 Å². The van der Waals surface area contributed by atoms with Crippen LogP contribution in [0.4, 0.5) is 23.7 Å². The standard InChI is InChI=1S/C33H35F3N6O2S/c1-22-7-4-8-23(2)29(22)41-19-6-20-45-32(41)39-31(43)38-24(3)9-5-10-25-11-13-26(14-12-25)30-37-21-42(40-30)27-15-17-28(18-16-27)44-33(34,35)36/h4,7-8,11-18,21,24H,5-6,9-10,19-20H2,1-3H3,(H,38,43). The molecule has 1 N–H and O–H groups in total. The zero-order chi connectivity index (χ0) is 32.0. The number of halogens is 3. The van der Waals surface area contributed by atoms with Crippen LogP contribution in [0.25, 0.3) is 17.1 Å². The predicted octanol–water partition coefficient (Wildman–Crippen LogP) is 7.87. The van der Waals surface area contributed by atoms with E-state index in [2.05, 4.69) is 56.0 Å². The number of nitrogens with zero attached hydrogens (tertiary/aromatic N) is 5. The fraction of sp³-hybridized carbons (Fsp3) is 0.333. The third kappa shape index (κ3) is 8.65. The second-order valence-electron chi connectivity index (χ2n) is 11.0. The number of urea groups is 1. The number of nitrogens with one attached hydrogen (secondary N) is 1. The van der Waals surface area contributed by atoms with Gasteiger partial charge in [0.2, 0.25) is 0 Å². The maximum atomic E-state index is 12.8. The Kier molecular flexibility index (Phi) is 10.1. The molecule has 1 aromatic heterocycles. The highest BCUT2D eigenvalue weighted by atomic mass is 32.2. The van der Waals surface area contributed by atoms with Crippen LogP contribution < -0.4 is 15.0 Å². The van der Waals surface area contributed by atoms with Gasteiger partial charge in [-0.2, -0.15) is 4.99 Å². The summed E-state index contributed by atoms with van der Waals surface area (Å²) in [5.41, 5.74) is 6.01. The molecule has 1 atom stereocenters. The van der Waals surface area contributed by atoms with Crippen molar-refractivity contribution in [2.45, 2.75) is 58.9 Å². The summed E-state index contributed by atoms with van der Waals surface area (Å²) in [6.07, 6.45) is 0.358. The number of thioether (sulfide) groups is 1. The molecule has 0 bridgehead atoms. The number of aryl methyl sites for hydroxylation is 3. The van der Waals surface area contributed by atoms with Gasteiger partial charge in [-0.3, -0.25) is 0 Å². The minimum Gasteiger partial charge on any atom is -0.406 e. The lowest BCUT2D eigenvalue weighted by molar-refractivity contribution is -0.274. The van der Waals surface area contributed by atoms with Crippen LogP contribution in [0.5, 0.6) is 5.75 Å². The zero-order valence-corrected chi connectivity index (χ0v) is 26.2. The summed E-state index contributed by atoms with van der Waals surface area (Å²) in [6.45, 7) is 7.02. The van der Waals surface area contributed by atoms with E-state index < -0.39 is 6.36 Å². The third-order valence-corrected chi connectivity index (χ3v) is 8.47. The number of anilines is 1. The lowest BCUT2D eigenvalue weighted by Crippen LogP contribution is -2.38. The Morgan fingerprint density at radius 2 is 1.78 bits per heavy atom. The smallest absolute Gasteiger partial charge is 0.406 e. The van der Waals surface area contributed by atoms with Gasteiger partial charge in [-0.15, -0.1) is 18.3 Å². The van der Waals surface area contributed by atoms with E-state index in [1.807, 2.05) is 37.3 Å². The molecular weight excluding hydrogens is 601 g/mol. The number of amidine groups is 1. The van der Waals surface area contributed by atoms with E-state index in [4.69, 9.17) is 0 Å². The average Bonchev–Trinajstić information content (AvgIpc) is 3.48. The maximum absolute atomic E-state index is 12.8. The summed E-state index contributed by atoms with van der Waals surface area (Å²) >= 11 is 1.62. The number of aromatic nitrogens is 3. The molecule has 236 valence electrons. The molecule has 1 aliphatic heterocycles. The number of aliphatic imine (C=N–C) groups is 1. The molecule has 1 aliphatic rings.